The van der Waals surface area contributed by atoms with Crippen molar-refractivity contribution in [1.82, 2.24) is 0 Å². The van der Waals surface area contributed by atoms with Gasteiger partial charge in [-0.05, 0) is 0 Å². The van der Waals surface area contributed by atoms with E-state index in [1.165, 1.54) is 12.1 Å². The second kappa shape index (κ2) is 6.83. The van der Waals surface area contributed by atoms with E-state index in [-0.39, 0.29) is 22.9 Å². The molecule has 0 aliphatic heterocycles. The van der Waals surface area contributed by atoms with E-state index in [1.807, 2.05) is 30.3 Å². The minimum Gasteiger partial charge on any atom is -0.748 e. The first-order valence-electron chi connectivity index (χ1n) is 3.43. The third-order valence-electron chi connectivity index (χ3n) is 1.18. The van der Waals surface area contributed by atoms with Crippen LogP contribution in [0.5, 0.6) is 0 Å². The van der Waals surface area contributed by atoms with Crippen molar-refractivity contribution < 1.29 is 21.5 Å². The SMILES string of the molecule is F[c-]1cccc1.[Fe].[cH-]1[cH-][cH-][cH-][cH-]1. The van der Waals surface area contributed by atoms with Gasteiger partial charge in [0.2, 0.25) is 0 Å². The molecule has 0 radical (unpaired) electrons. The minimum absolute atomic E-state index is 0. The van der Waals surface area contributed by atoms with Crippen molar-refractivity contribution in [3.05, 3.63) is 60.4 Å². The standard InChI is InChI=1S/C5H4F.C5H5.Fe/c6-5-3-1-2-4-5;1-2-4-5-3-1;/h1-4H;1-5H;/q-1;-5;. The smallest absolute Gasteiger partial charge is 0.00724 e. The number of rotatable bonds is 0. The summed E-state index contributed by atoms with van der Waals surface area (Å²) in [6.07, 6.45) is 0. The van der Waals surface area contributed by atoms with Crippen molar-refractivity contribution in [1.29, 1.82) is 0 Å². The molecule has 12 heavy (non-hydrogen) atoms. The van der Waals surface area contributed by atoms with E-state index in [9.17, 15) is 4.39 Å². The summed E-state index contributed by atoms with van der Waals surface area (Å²) in [5.74, 6) is -0.157. The fourth-order valence-corrected chi connectivity index (χ4v) is 0.671. The molecule has 0 saturated heterocycles. The van der Waals surface area contributed by atoms with Gasteiger partial charge in [0.1, 0.15) is 0 Å². The second-order valence-corrected chi connectivity index (χ2v) is 2.07. The van der Waals surface area contributed by atoms with Gasteiger partial charge in [-0.1, -0.05) is 0 Å². The van der Waals surface area contributed by atoms with Gasteiger partial charge < -0.3 is 30.3 Å². The van der Waals surface area contributed by atoms with Crippen LogP contribution in [0.15, 0.2) is 54.6 Å². The molecule has 0 spiro atoms. The number of hydrogen-bond acceptors (Lipinski definition) is 0. The normalized spacial score (nSPS) is 7.75. The third kappa shape index (κ3) is 4.89. The van der Waals surface area contributed by atoms with Crippen LogP contribution in [0.1, 0.15) is 0 Å². The number of halogens is 1. The van der Waals surface area contributed by atoms with E-state index in [1.54, 1.807) is 12.1 Å². The Balaban J connectivity index is 0.000000189. The molecule has 0 aliphatic carbocycles. The fraction of sp³-hybridized carbons (Fsp3) is 0. The summed E-state index contributed by atoms with van der Waals surface area (Å²) >= 11 is 0. The molecule has 2 aromatic rings. The van der Waals surface area contributed by atoms with Crippen LogP contribution < -0.4 is 0 Å². The van der Waals surface area contributed by atoms with E-state index in [4.69, 9.17) is 0 Å². The molecule has 0 amide bonds. The molecule has 2 aromatic carbocycles. The predicted octanol–water partition coefficient (Wildman–Crippen LogP) is 2.95. The van der Waals surface area contributed by atoms with Gasteiger partial charge in [-0.3, -0.25) is 4.39 Å². The maximum Gasteiger partial charge on any atom is 0.00724 e. The van der Waals surface area contributed by atoms with Crippen molar-refractivity contribution in [3.8, 4) is 0 Å². The summed E-state index contributed by atoms with van der Waals surface area (Å²) in [5.41, 5.74) is 0. The van der Waals surface area contributed by atoms with Crippen molar-refractivity contribution in [2.24, 2.45) is 0 Å². The first-order valence-corrected chi connectivity index (χ1v) is 3.43. The fourth-order valence-electron chi connectivity index (χ4n) is 0.671. The van der Waals surface area contributed by atoms with Crippen LogP contribution in [0.2, 0.25) is 0 Å². The summed E-state index contributed by atoms with van der Waals surface area (Å²) in [6, 6.07) is 16.2. The van der Waals surface area contributed by atoms with Gasteiger partial charge in [-0.2, -0.15) is 0 Å². The molecule has 0 atom stereocenters. The zero-order valence-electron chi connectivity index (χ0n) is 6.43. The van der Waals surface area contributed by atoms with Crippen molar-refractivity contribution in [2.45, 2.75) is 0 Å². The average Bonchev–Trinajstić information content (AvgIpc) is 2.57. The first-order chi connectivity index (χ1) is 5.39. The topological polar surface area (TPSA) is 0 Å². The Bertz CT molecular complexity index is 228. The third-order valence-corrected chi connectivity index (χ3v) is 1.18. The molecular weight excluding hydrogens is 195 g/mol. The first kappa shape index (κ1) is 11.1. The Hall–Kier alpha value is -0.851. The van der Waals surface area contributed by atoms with Crippen molar-refractivity contribution >= 4 is 0 Å². The van der Waals surface area contributed by atoms with Crippen LogP contribution in [-0.2, 0) is 17.1 Å². The van der Waals surface area contributed by atoms with Crippen molar-refractivity contribution in [2.75, 3.05) is 0 Å². The summed E-state index contributed by atoms with van der Waals surface area (Å²) in [7, 11) is 0. The van der Waals surface area contributed by atoms with Crippen LogP contribution >= 0.6 is 0 Å². The predicted molar refractivity (Wildman–Crippen MR) is 44.0 cm³/mol. The molecule has 70 valence electrons. The molecule has 2 heteroatoms. The van der Waals surface area contributed by atoms with Gasteiger partial charge in [0.15, 0.2) is 0 Å². The van der Waals surface area contributed by atoms with E-state index in [0.29, 0.717) is 0 Å². The van der Waals surface area contributed by atoms with Gasteiger partial charge in [0, 0.05) is 22.9 Å². The molecule has 0 nitrogen and oxygen atoms in total. The van der Waals surface area contributed by atoms with Crippen molar-refractivity contribution in [3.63, 3.8) is 0 Å². The quantitative estimate of drug-likeness (QED) is 0.457. The van der Waals surface area contributed by atoms with Gasteiger partial charge in [-0.25, -0.2) is 12.1 Å². The Morgan fingerprint density at radius 3 is 1.33 bits per heavy atom. The molecule has 0 fully saturated rings. The van der Waals surface area contributed by atoms with Gasteiger partial charge >= 0.3 is 0 Å². The van der Waals surface area contributed by atoms with Crippen LogP contribution in [0.4, 0.5) is 4.39 Å². The molecule has 0 bridgehead atoms. The molecular formula is C10H9FFe-6. The largest absolute Gasteiger partial charge is 0.748 e. The van der Waals surface area contributed by atoms with E-state index in [0.717, 1.165) is 0 Å². The zero-order valence-corrected chi connectivity index (χ0v) is 7.53. The Labute approximate surface area is 82.2 Å². The second-order valence-electron chi connectivity index (χ2n) is 2.07. The van der Waals surface area contributed by atoms with Crippen LogP contribution in [0.3, 0.4) is 0 Å². The number of hydrogen-bond donors (Lipinski definition) is 0. The Morgan fingerprint density at radius 2 is 1.17 bits per heavy atom. The Morgan fingerprint density at radius 1 is 0.833 bits per heavy atom. The maximum absolute atomic E-state index is 11.7. The molecule has 0 heterocycles. The van der Waals surface area contributed by atoms with Crippen LogP contribution in [0.25, 0.3) is 0 Å². The molecule has 0 aromatic heterocycles. The van der Waals surface area contributed by atoms with E-state index in [2.05, 4.69) is 0 Å². The Kier molecular flexibility index (Phi) is 6.35. The summed E-state index contributed by atoms with van der Waals surface area (Å²) in [4.78, 5) is 0. The summed E-state index contributed by atoms with van der Waals surface area (Å²) < 4.78 is 11.7. The maximum atomic E-state index is 11.7. The molecule has 0 aliphatic rings. The average molecular weight is 204 g/mol. The monoisotopic (exact) mass is 204 g/mol. The summed E-state index contributed by atoms with van der Waals surface area (Å²) in [5, 5.41) is 0. The van der Waals surface area contributed by atoms with Gasteiger partial charge in [-0.15, -0.1) is 12.1 Å². The zero-order chi connectivity index (χ0) is 7.94. The molecule has 0 unspecified atom stereocenters. The van der Waals surface area contributed by atoms with E-state index >= 15 is 0 Å². The van der Waals surface area contributed by atoms with Crippen LogP contribution in [0, 0.1) is 5.82 Å². The molecule has 0 N–H and O–H groups in total. The summed E-state index contributed by atoms with van der Waals surface area (Å²) in [6.45, 7) is 0. The van der Waals surface area contributed by atoms with Crippen LogP contribution in [-0.4, -0.2) is 0 Å². The van der Waals surface area contributed by atoms with Gasteiger partial charge in [0.25, 0.3) is 0 Å². The molecule has 2 rings (SSSR count). The minimum atomic E-state index is -0.157. The van der Waals surface area contributed by atoms with E-state index < -0.39 is 0 Å². The molecule has 0 saturated carbocycles. The van der Waals surface area contributed by atoms with Gasteiger partial charge in [0.05, 0.1) is 0 Å².